The van der Waals surface area contributed by atoms with Gasteiger partial charge in [0.1, 0.15) is 5.75 Å². The second kappa shape index (κ2) is 7.29. The van der Waals surface area contributed by atoms with Gasteiger partial charge in [-0.15, -0.1) is 0 Å². The molecule has 2 atom stereocenters. The normalized spacial score (nSPS) is 21.5. The standard InChI is InChI=1S/C16H21F3N2O3/c1-4-23-12-5-6-14(13(7-12)16(17,18)19)20-15(22)21-8-10(2)24-11(3)9-21/h5-7,10-11H,4,8-9H2,1-3H3,(H,20,22)/t10-,11-/m0/s1. The molecule has 1 saturated heterocycles. The molecule has 0 aromatic heterocycles. The number of benzene rings is 1. The Morgan fingerprint density at radius 1 is 1.33 bits per heavy atom. The number of urea groups is 1. The van der Waals surface area contributed by atoms with Crippen LogP contribution in [0.4, 0.5) is 23.7 Å². The molecule has 0 radical (unpaired) electrons. The van der Waals surface area contributed by atoms with Crippen LogP contribution in [-0.4, -0.2) is 42.8 Å². The van der Waals surface area contributed by atoms with Crippen molar-refractivity contribution in [3.63, 3.8) is 0 Å². The van der Waals surface area contributed by atoms with Gasteiger partial charge >= 0.3 is 12.2 Å². The summed E-state index contributed by atoms with van der Waals surface area (Å²) in [7, 11) is 0. The minimum absolute atomic E-state index is 0.108. The second-order valence-corrected chi connectivity index (χ2v) is 5.73. The van der Waals surface area contributed by atoms with Crippen molar-refractivity contribution in [1.29, 1.82) is 0 Å². The van der Waals surface area contributed by atoms with Gasteiger partial charge in [0.25, 0.3) is 0 Å². The van der Waals surface area contributed by atoms with E-state index in [1.54, 1.807) is 6.92 Å². The van der Waals surface area contributed by atoms with Crippen LogP contribution in [0.25, 0.3) is 0 Å². The monoisotopic (exact) mass is 346 g/mol. The molecule has 0 spiro atoms. The van der Waals surface area contributed by atoms with Crippen LogP contribution < -0.4 is 10.1 Å². The Hall–Kier alpha value is -1.96. The van der Waals surface area contributed by atoms with Crippen molar-refractivity contribution in [1.82, 2.24) is 4.90 Å². The van der Waals surface area contributed by atoms with Gasteiger partial charge in [0, 0.05) is 13.1 Å². The van der Waals surface area contributed by atoms with E-state index in [-0.39, 0.29) is 30.3 Å². The second-order valence-electron chi connectivity index (χ2n) is 5.73. The van der Waals surface area contributed by atoms with Crippen molar-refractivity contribution in [3.8, 4) is 5.75 Å². The molecule has 0 bridgehead atoms. The molecule has 0 aliphatic carbocycles. The van der Waals surface area contributed by atoms with Gasteiger partial charge < -0.3 is 19.7 Å². The fourth-order valence-corrected chi connectivity index (χ4v) is 2.66. The number of alkyl halides is 3. The van der Waals surface area contributed by atoms with Crippen LogP contribution in [0.2, 0.25) is 0 Å². The quantitative estimate of drug-likeness (QED) is 0.907. The molecule has 5 nitrogen and oxygen atoms in total. The molecule has 2 rings (SSSR count). The summed E-state index contributed by atoms with van der Waals surface area (Å²) in [4.78, 5) is 13.8. The molecule has 134 valence electrons. The molecule has 24 heavy (non-hydrogen) atoms. The topological polar surface area (TPSA) is 50.8 Å². The molecule has 2 amide bonds. The molecule has 1 aromatic rings. The van der Waals surface area contributed by atoms with Crippen LogP contribution in [0.15, 0.2) is 18.2 Å². The van der Waals surface area contributed by atoms with E-state index < -0.39 is 17.8 Å². The zero-order valence-electron chi connectivity index (χ0n) is 13.8. The minimum Gasteiger partial charge on any atom is -0.494 e. The molecule has 1 aliphatic heterocycles. The molecule has 1 fully saturated rings. The first-order valence-corrected chi connectivity index (χ1v) is 7.76. The lowest BCUT2D eigenvalue weighted by Gasteiger charge is -2.35. The number of nitrogens with one attached hydrogen (secondary N) is 1. The lowest BCUT2D eigenvalue weighted by Crippen LogP contribution is -2.49. The zero-order valence-corrected chi connectivity index (χ0v) is 13.8. The van der Waals surface area contributed by atoms with Crippen LogP contribution in [0.1, 0.15) is 26.3 Å². The summed E-state index contributed by atoms with van der Waals surface area (Å²) in [6, 6.07) is 2.92. The van der Waals surface area contributed by atoms with Gasteiger partial charge in [0.05, 0.1) is 30.1 Å². The van der Waals surface area contributed by atoms with Crippen molar-refractivity contribution in [2.24, 2.45) is 0 Å². The Bertz CT molecular complexity index is 582. The highest BCUT2D eigenvalue weighted by Crippen LogP contribution is 2.37. The number of anilines is 1. The van der Waals surface area contributed by atoms with Crippen LogP contribution in [0.5, 0.6) is 5.75 Å². The molecular formula is C16H21F3N2O3. The fourth-order valence-electron chi connectivity index (χ4n) is 2.66. The summed E-state index contributed by atoms with van der Waals surface area (Å²) in [6.07, 6.45) is -4.93. The SMILES string of the molecule is CCOc1ccc(NC(=O)N2C[C@H](C)O[C@@H](C)C2)c(C(F)(F)F)c1. The number of rotatable bonds is 3. The van der Waals surface area contributed by atoms with E-state index in [2.05, 4.69) is 5.32 Å². The lowest BCUT2D eigenvalue weighted by atomic mass is 10.1. The Morgan fingerprint density at radius 2 is 1.96 bits per heavy atom. The Labute approximate surface area is 138 Å². The highest BCUT2D eigenvalue weighted by molar-refractivity contribution is 5.90. The number of carbonyl (C=O) groups excluding carboxylic acids is 1. The third kappa shape index (κ3) is 4.53. The van der Waals surface area contributed by atoms with Crippen LogP contribution in [0, 0.1) is 0 Å². The summed E-state index contributed by atoms with van der Waals surface area (Å²) in [5.41, 5.74) is -1.22. The van der Waals surface area contributed by atoms with E-state index in [1.165, 1.54) is 17.0 Å². The predicted molar refractivity (Wildman–Crippen MR) is 83.2 cm³/mol. The number of nitrogens with zero attached hydrogens (tertiary/aromatic N) is 1. The first-order valence-electron chi connectivity index (χ1n) is 7.76. The highest BCUT2D eigenvalue weighted by atomic mass is 19.4. The van der Waals surface area contributed by atoms with Gasteiger partial charge in [-0.2, -0.15) is 13.2 Å². The maximum Gasteiger partial charge on any atom is 0.418 e. The molecule has 0 unspecified atom stereocenters. The molecular weight excluding hydrogens is 325 g/mol. The number of hydrogen-bond donors (Lipinski definition) is 1. The fraction of sp³-hybridized carbons (Fsp3) is 0.562. The number of amides is 2. The lowest BCUT2D eigenvalue weighted by molar-refractivity contribution is -0.137. The van der Waals surface area contributed by atoms with E-state index in [9.17, 15) is 18.0 Å². The third-order valence-electron chi connectivity index (χ3n) is 3.56. The maximum absolute atomic E-state index is 13.2. The van der Waals surface area contributed by atoms with Gasteiger partial charge in [-0.05, 0) is 39.0 Å². The minimum atomic E-state index is -4.60. The van der Waals surface area contributed by atoms with Crippen LogP contribution in [-0.2, 0) is 10.9 Å². The smallest absolute Gasteiger partial charge is 0.418 e. The summed E-state index contributed by atoms with van der Waals surface area (Å²) < 4.78 is 50.4. The van der Waals surface area contributed by atoms with E-state index in [0.29, 0.717) is 13.1 Å². The Kier molecular flexibility index (Phi) is 5.58. The van der Waals surface area contributed by atoms with Gasteiger partial charge in [0.15, 0.2) is 0 Å². The van der Waals surface area contributed by atoms with Crippen molar-refractivity contribution >= 4 is 11.7 Å². The third-order valence-corrected chi connectivity index (χ3v) is 3.56. The van der Waals surface area contributed by atoms with E-state index in [4.69, 9.17) is 9.47 Å². The number of halogens is 3. The van der Waals surface area contributed by atoms with E-state index >= 15 is 0 Å². The van der Waals surface area contributed by atoms with Crippen LogP contribution >= 0.6 is 0 Å². The Morgan fingerprint density at radius 3 is 2.50 bits per heavy atom. The number of hydrogen-bond acceptors (Lipinski definition) is 3. The zero-order chi connectivity index (χ0) is 17.9. The van der Waals surface area contributed by atoms with Crippen molar-refractivity contribution in [2.45, 2.75) is 39.2 Å². The maximum atomic E-state index is 13.2. The summed E-state index contributed by atoms with van der Waals surface area (Å²) in [5, 5.41) is 2.35. The average Bonchev–Trinajstić information content (AvgIpc) is 2.47. The highest BCUT2D eigenvalue weighted by Gasteiger charge is 2.35. The van der Waals surface area contributed by atoms with Crippen molar-refractivity contribution in [2.75, 3.05) is 25.0 Å². The number of morpholine rings is 1. The van der Waals surface area contributed by atoms with Crippen molar-refractivity contribution < 1.29 is 27.4 Å². The summed E-state index contributed by atoms with van der Waals surface area (Å²) >= 11 is 0. The van der Waals surface area contributed by atoms with Crippen molar-refractivity contribution in [3.05, 3.63) is 23.8 Å². The summed E-state index contributed by atoms with van der Waals surface area (Å²) in [5.74, 6) is 0.108. The van der Waals surface area contributed by atoms with Crippen LogP contribution in [0.3, 0.4) is 0 Å². The van der Waals surface area contributed by atoms with Gasteiger partial charge in [0.2, 0.25) is 0 Å². The average molecular weight is 346 g/mol. The van der Waals surface area contributed by atoms with Gasteiger partial charge in [-0.3, -0.25) is 0 Å². The number of carbonyl (C=O) groups is 1. The van der Waals surface area contributed by atoms with Gasteiger partial charge in [-0.25, -0.2) is 4.79 Å². The summed E-state index contributed by atoms with van der Waals surface area (Å²) in [6.45, 7) is 6.22. The largest absolute Gasteiger partial charge is 0.494 e. The predicted octanol–water partition coefficient (Wildman–Crippen LogP) is 3.75. The van der Waals surface area contributed by atoms with Gasteiger partial charge in [-0.1, -0.05) is 0 Å². The number of ether oxygens (including phenoxy) is 2. The molecule has 8 heteroatoms. The molecule has 1 N–H and O–H groups in total. The van der Waals surface area contributed by atoms with E-state index in [1.807, 2.05) is 13.8 Å². The molecule has 1 aliphatic rings. The Balaban J connectivity index is 2.20. The molecule has 0 saturated carbocycles. The molecule has 1 heterocycles. The van der Waals surface area contributed by atoms with E-state index in [0.717, 1.165) is 6.07 Å². The molecule has 1 aromatic carbocycles. The first-order chi connectivity index (χ1) is 11.2. The first kappa shape index (κ1) is 18.4.